The predicted molar refractivity (Wildman–Crippen MR) is 97.7 cm³/mol. The number of rotatable bonds is 9. The molecule has 0 bridgehead atoms. The SMILES string of the molecule is O=C(COC(=O)COc1ccc([N+](=O)[O-])cc1)NCCc1ccc(Cl)cc1. The van der Waals surface area contributed by atoms with Gasteiger partial charge in [0.15, 0.2) is 13.2 Å². The van der Waals surface area contributed by atoms with E-state index in [4.69, 9.17) is 21.1 Å². The summed E-state index contributed by atoms with van der Waals surface area (Å²) in [5.41, 5.74) is 0.938. The fourth-order valence-corrected chi connectivity index (χ4v) is 2.17. The van der Waals surface area contributed by atoms with Gasteiger partial charge in [0, 0.05) is 23.7 Å². The van der Waals surface area contributed by atoms with Crippen molar-refractivity contribution in [3.05, 3.63) is 69.2 Å². The van der Waals surface area contributed by atoms with Gasteiger partial charge in [-0.15, -0.1) is 0 Å². The molecule has 0 fully saturated rings. The largest absolute Gasteiger partial charge is 0.482 e. The summed E-state index contributed by atoms with van der Waals surface area (Å²) < 4.78 is 9.95. The quantitative estimate of drug-likeness (QED) is 0.399. The van der Waals surface area contributed by atoms with Gasteiger partial charge in [-0.1, -0.05) is 23.7 Å². The number of hydrogen-bond acceptors (Lipinski definition) is 6. The lowest BCUT2D eigenvalue weighted by Gasteiger charge is -2.08. The fraction of sp³-hybridized carbons (Fsp3) is 0.222. The first-order chi connectivity index (χ1) is 12.9. The van der Waals surface area contributed by atoms with Crippen molar-refractivity contribution in [3.63, 3.8) is 0 Å². The molecule has 8 nitrogen and oxygen atoms in total. The molecule has 0 aliphatic heterocycles. The summed E-state index contributed by atoms with van der Waals surface area (Å²) in [4.78, 5) is 33.2. The summed E-state index contributed by atoms with van der Waals surface area (Å²) in [5.74, 6) is -0.862. The third-order valence-electron chi connectivity index (χ3n) is 3.42. The zero-order chi connectivity index (χ0) is 19.6. The highest BCUT2D eigenvalue weighted by Gasteiger charge is 2.09. The van der Waals surface area contributed by atoms with Crippen molar-refractivity contribution in [3.8, 4) is 5.75 Å². The Morgan fingerprint density at radius 1 is 1.04 bits per heavy atom. The minimum Gasteiger partial charge on any atom is -0.482 e. The van der Waals surface area contributed by atoms with Gasteiger partial charge in [-0.25, -0.2) is 4.79 Å². The smallest absolute Gasteiger partial charge is 0.344 e. The number of nitro benzene ring substituents is 1. The molecular weight excluding hydrogens is 376 g/mol. The minimum absolute atomic E-state index is 0.0832. The number of carbonyl (C=O) groups excluding carboxylic acids is 2. The number of non-ortho nitro benzene ring substituents is 1. The average molecular weight is 393 g/mol. The van der Waals surface area contributed by atoms with Crippen LogP contribution in [0.3, 0.4) is 0 Å². The predicted octanol–water partition coefficient (Wildman–Crippen LogP) is 2.53. The van der Waals surface area contributed by atoms with Crippen LogP contribution in [-0.4, -0.2) is 36.6 Å². The summed E-state index contributed by atoms with van der Waals surface area (Å²) in [6.45, 7) is -0.420. The Balaban J connectivity index is 1.62. The molecule has 2 aromatic carbocycles. The monoisotopic (exact) mass is 392 g/mol. The second kappa shape index (κ2) is 10.1. The van der Waals surface area contributed by atoms with Gasteiger partial charge in [-0.3, -0.25) is 14.9 Å². The summed E-state index contributed by atoms with van der Waals surface area (Å²) in [5, 5.41) is 13.8. The second-order valence-corrected chi connectivity index (χ2v) is 5.86. The number of nitro groups is 1. The normalized spacial score (nSPS) is 10.1. The van der Waals surface area contributed by atoms with E-state index in [1.807, 2.05) is 12.1 Å². The third kappa shape index (κ3) is 7.33. The maximum absolute atomic E-state index is 11.7. The van der Waals surface area contributed by atoms with Gasteiger partial charge >= 0.3 is 5.97 Å². The highest BCUT2D eigenvalue weighted by Crippen LogP contribution is 2.17. The fourth-order valence-electron chi connectivity index (χ4n) is 2.04. The molecule has 0 atom stereocenters. The lowest BCUT2D eigenvalue weighted by atomic mass is 10.1. The third-order valence-corrected chi connectivity index (χ3v) is 3.67. The van der Waals surface area contributed by atoms with Crippen molar-refractivity contribution in [1.82, 2.24) is 5.32 Å². The lowest BCUT2D eigenvalue weighted by Crippen LogP contribution is -2.31. The maximum Gasteiger partial charge on any atom is 0.344 e. The molecule has 0 radical (unpaired) electrons. The van der Waals surface area contributed by atoms with E-state index in [0.29, 0.717) is 18.0 Å². The molecule has 1 N–H and O–H groups in total. The molecule has 0 aliphatic rings. The van der Waals surface area contributed by atoms with E-state index >= 15 is 0 Å². The molecule has 142 valence electrons. The van der Waals surface area contributed by atoms with Gasteiger partial charge in [0.1, 0.15) is 5.75 Å². The van der Waals surface area contributed by atoms with Crippen LogP contribution >= 0.6 is 11.6 Å². The Kier molecular flexibility index (Phi) is 7.57. The van der Waals surface area contributed by atoms with E-state index in [1.165, 1.54) is 24.3 Å². The van der Waals surface area contributed by atoms with Crippen LogP contribution in [0.2, 0.25) is 5.02 Å². The molecular formula is C18H17ClN2O6. The Hall–Kier alpha value is -3.13. The van der Waals surface area contributed by atoms with E-state index in [-0.39, 0.29) is 11.4 Å². The van der Waals surface area contributed by atoms with Crippen molar-refractivity contribution >= 4 is 29.2 Å². The van der Waals surface area contributed by atoms with E-state index in [9.17, 15) is 19.7 Å². The van der Waals surface area contributed by atoms with E-state index in [0.717, 1.165) is 5.56 Å². The molecule has 0 saturated carbocycles. The van der Waals surface area contributed by atoms with Crippen molar-refractivity contribution in [1.29, 1.82) is 0 Å². The Labute approximate surface area is 160 Å². The zero-order valence-corrected chi connectivity index (χ0v) is 15.0. The summed E-state index contributed by atoms with van der Waals surface area (Å²) in [6, 6.07) is 12.5. The molecule has 1 amide bonds. The molecule has 2 aromatic rings. The van der Waals surface area contributed by atoms with Crippen molar-refractivity contribution in [2.24, 2.45) is 0 Å². The number of carbonyl (C=O) groups is 2. The van der Waals surface area contributed by atoms with Crippen LogP contribution in [0.5, 0.6) is 5.75 Å². The van der Waals surface area contributed by atoms with Crippen LogP contribution in [0.15, 0.2) is 48.5 Å². The number of benzene rings is 2. The number of ether oxygens (including phenoxy) is 2. The Morgan fingerprint density at radius 2 is 1.70 bits per heavy atom. The molecule has 0 saturated heterocycles. The molecule has 0 spiro atoms. The number of amides is 1. The lowest BCUT2D eigenvalue weighted by molar-refractivity contribution is -0.384. The first-order valence-electron chi connectivity index (χ1n) is 7.98. The van der Waals surface area contributed by atoms with Crippen molar-refractivity contribution < 1.29 is 24.0 Å². The number of nitrogens with one attached hydrogen (secondary N) is 1. The number of nitrogens with zero attached hydrogens (tertiary/aromatic N) is 1. The van der Waals surface area contributed by atoms with Gasteiger partial charge in [0.05, 0.1) is 4.92 Å². The van der Waals surface area contributed by atoms with Gasteiger partial charge < -0.3 is 14.8 Å². The number of esters is 1. The van der Waals surface area contributed by atoms with Crippen LogP contribution in [0.4, 0.5) is 5.69 Å². The molecule has 0 aliphatic carbocycles. The summed E-state index contributed by atoms with van der Waals surface area (Å²) >= 11 is 5.80. The van der Waals surface area contributed by atoms with Crippen molar-refractivity contribution in [2.45, 2.75) is 6.42 Å². The van der Waals surface area contributed by atoms with Gasteiger partial charge in [-0.2, -0.15) is 0 Å². The Morgan fingerprint density at radius 3 is 2.33 bits per heavy atom. The molecule has 0 aromatic heterocycles. The standard InChI is InChI=1S/C18H17ClN2O6/c19-14-3-1-13(2-4-14)9-10-20-17(22)11-27-18(23)12-26-16-7-5-15(6-8-16)21(24)25/h1-8H,9-12H2,(H,20,22). The maximum atomic E-state index is 11.7. The van der Waals surface area contributed by atoms with Crippen LogP contribution in [0, 0.1) is 10.1 Å². The molecule has 27 heavy (non-hydrogen) atoms. The Bertz CT molecular complexity index is 793. The average Bonchev–Trinajstić information content (AvgIpc) is 2.66. The summed E-state index contributed by atoms with van der Waals surface area (Å²) in [7, 11) is 0. The van der Waals surface area contributed by atoms with Crippen molar-refractivity contribution in [2.75, 3.05) is 19.8 Å². The molecule has 0 heterocycles. The first kappa shape index (κ1) is 20.2. The molecule has 2 rings (SSSR count). The minimum atomic E-state index is -0.721. The van der Waals surface area contributed by atoms with Gasteiger partial charge in [0.25, 0.3) is 11.6 Å². The first-order valence-corrected chi connectivity index (χ1v) is 8.36. The van der Waals surface area contributed by atoms with Crippen LogP contribution in [-0.2, 0) is 20.7 Å². The van der Waals surface area contributed by atoms with Crippen LogP contribution in [0.1, 0.15) is 5.56 Å². The zero-order valence-electron chi connectivity index (χ0n) is 14.2. The highest BCUT2D eigenvalue weighted by atomic mass is 35.5. The molecule has 9 heteroatoms. The number of halogens is 1. The molecule has 0 unspecified atom stereocenters. The van der Waals surface area contributed by atoms with E-state index < -0.39 is 30.0 Å². The topological polar surface area (TPSA) is 108 Å². The van der Waals surface area contributed by atoms with Gasteiger partial charge in [-0.05, 0) is 36.2 Å². The van der Waals surface area contributed by atoms with E-state index in [2.05, 4.69) is 5.32 Å². The van der Waals surface area contributed by atoms with Crippen LogP contribution in [0.25, 0.3) is 0 Å². The van der Waals surface area contributed by atoms with Crippen LogP contribution < -0.4 is 10.1 Å². The van der Waals surface area contributed by atoms with E-state index in [1.54, 1.807) is 12.1 Å². The highest BCUT2D eigenvalue weighted by molar-refractivity contribution is 6.30. The summed E-state index contributed by atoms with van der Waals surface area (Å²) in [6.07, 6.45) is 0.625. The van der Waals surface area contributed by atoms with Gasteiger partial charge in [0.2, 0.25) is 0 Å². The number of hydrogen-bond donors (Lipinski definition) is 1. The second-order valence-electron chi connectivity index (χ2n) is 5.43.